The largest absolute Gasteiger partial charge is 2.00 e. The van der Waals surface area contributed by atoms with Gasteiger partial charge in [0.2, 0.25) is 0 Å². The molecule has 0 heterocycles. The number of hydrogen-bond donors (Lipinski definition) is 2. The van der Waals surface area contributed by atoms with Gasteiger partial charge in [0.1, 0.15) is 0 Å². The number of carbonyl (C=O) groups is 2. The monoisotopic (exact) mass is 646 g/mol. The van der Waals surface area contributed by atoms with E-state index < -0.39 is 35.0 Å². The van der Waals surface area contributed by atoms with E-state index in [0.29, 0.717) is 12.8 Å². The van der Waals surface area contributed by atoms with Crippen molar-refractivity contribution >= 4 is 61.8 Å². The van der Waals surface area contributed by atoms with E-state index in [1.807, 2.05) is 72.8 Å². The third-order valence-electron chi connectivity index (χ3n) is 8.06. The van der Waals surface area contributed by atoms with Gasteiger partial charge in [-0.1, -0.05) is 153 Å². The number of rotatable bonds is 18. The van der Waals surface area contributed by atoms with Crippen molar-refractivity contribution in [3.8, 4) is 0 Å². The van der Waals surface area contributed by atoms with Gasteiger partial charge in [-0.2, -0.15) is 0 Å². The topological polar surface area (TPSA) is 121 Å². The number of aliphatic hydroxyl groups excluding tert-OH is 2. The number of aliphatic carboxylic acids is 2. The first kappa shape index (κ1) is 43.0. The van der Waals surface area contributed by atoms with Gasteiger partial charge in [0.25, 0.3) is 0 Å². The second kappa shape index (κ2) is 22.5. The molecule has 0 aliphatic heterocycles. The maximum Gasteiger partial charge on any atom is 2.00 e. The summed E-state index contributed by atoms with van der Waals surface area (Å²) in [6, 6.07) is 19.4. The predicted molar refractivity (Wildman–Crippen MR) is 182 cm³/mol. The zero-order chi connectivity index (χ0) is 33.2. The first-order valence-electron chi connectivity index (χ1n) is 16.1. The van der Waals surface area contributed by atoms with Gasteiger partial charge >= 0.3 is 37.7 Å². The number of carboxylic acid groups (broad SMARTS) is 2. The zero-order valence-corrected chi connectivity index (χ0v) is 30.6. The molecule has 45 heavy (non-hydrogen) atoms. The second-order valence-corrected chi connectivity index (χ2v) is 12.7. The first-order valence-corrected chi connectivity index (χ1v) is 16.1. The molecule has 0 saturated carbocycles. The van der Waals surface area contributed by atoms with E-state index in [0.717, 1.165) is 73.6 Å². The van der Waals surface area contributed by atoms with Crippen LogP contribution in [0.3, 0.4) is 0 Å². The minimum Gasteiger partial charge on any atom is -0.549 e. The fourth-order valence-electron chi connectivity index (χ4n) is 4.76. The quantitative estimate of drug-likeness (QED) is 0.152. The van der Waals surface area contributed by atoms with Gasteiger partial charge in [0.05, 0.1) is 12.2 Å². The number of carboxylic acids is 2. The Morgan fingerprint density at radius 3 is 1.20 bits per heavy atom. The van der Waals surface area contributed by atoms with E-state index in [1.54, 1.807) is 0 Å². The molecule has 2 rings (SSSR count). The van der Waals surface area contributed by atoms with Crippen LogP contribution in [-0.4, -0.2) is 72.1 Å². The van der Waals surface area contributed by atoms with Crippen LogP contribution in [0.25, 0.3) is 12.2 Å². The number of carbonyl (C=O) groups excluding carboxylic acids is 2. The van der Waals surface area contributed by atoms with Crippen LogP contribution in [-0.2, 0) is 9.59 Å². The molecule has 0 bridgehead atoms. The maximum atomic E-state index is 11.3. The van der Waals surface area contributed by atoms with Gasteiger partial charge in [-0.3, -0.25) is 0 Å². The summed E-state index contributed by atoms with van der Waals surface area (Å²) in [5.74, 6) is -2.46. The van der Waals surface area contributed by atoms with Crippen molar-refractivity contribution < 1.29 is 30.0 Å². The Balaban J connectivity index is 0.000000842. The summed E-state index contributed by atoms with van der Waals surface area (Å²) in [5, 5.41) is 43.7. The Hall–Kier alpha value is -1.96. The Kier molecular flexibility index (Phi) is 21.6. The summed E-state index contributed by atoms with van der Waals surface area (Å²) < 4.78 is 0. The van der Waals surface area contributed by atoms with E-state index in [4.69, 9.17) is 0 Å². The Bertz CT molecular complexity index is 1080. The molecule has 2 N–H and O–H groups in total. The second-order valence-electron chi connectivity index (χ2n) is 12.7. The van der Waals surface area contributed by atoms with E-state index in [2.05, 4.69) is 13.8 Å². The van der Waals surface area contributed by atoms with Crippen LogP contribution in [0.15, 0.2) is 71.8 Å². The molecule has 2 atom stereocenters. The average molecular weight is 647 g/mol. The average Bonchev–Trinajstić information content (AvgIpc) is 3.00. The Morgan fingerprint density at radius 1 is 0.622 bits per heavy atom. The predicted octanol–water partition coefficient (Wildman–Crippen LogP) is 5.97. The van der Waals surface area contributed by atoms with E-state index >= 15 is 0 Å². The number of benzene rings is 2. The number of hydrogen-bond acceptors (Lipinski definition) is 6. The van der Waals surface area contributed by atoms with Gasteiger partial charge in [-0.15, -0.1) is 0 Å². The molecule has 0 amide bonds. The standard InChI is InChI=1S/2C19H28O3.Ca/c2*1-4-5-6-10-13-16(14-15-11-8-7-9-12-15)17(20)19(2,3)18(21)22;/h2*7-9,11-12,14,17,20H,4-6,10,13H2,1-3H3,(H,21,22);/q;;+2/p-2/b2*16-14+;. The van der Waals surface area contributed by atoms with Gasteiger partial charge in [-0.25, -0.2) is 0 Å². The Morgan fingerprint density at radius 2 is 0.933 bits per heavy atom. The molecule has 0 saturated heterocycles. The minimum atomic E-state index is -1.30. The van der Waals surface area contributed by atoms with E-state index in [1.165, 1.54) is 27.7 Å². The molecule has 7 heteroatoms. The summed E-state index contributed by atoms with van der Waals surface area (Å²) in [7, 11) is 0. The van der Waals surface area contributed by atoms with Crippen molar-refractivity contribution in [2.75, 3.05) is 0 Å². The van der Waals surface area contributed by atoms with E-state index in [-0.39, 0.29) is 37.7 Å². The fourth-order valence-corrected chi connectivity index (χ4v) is 4.76. The molecular formula is C38H54CaO6. The summed E-state index contributed by atoms with van der Waals surface area (Å²) in [6.07, 6.45) is 11.8. The van der Waals surface area contributed by atoms with Crippen molar-refractivity contribution in [1.82, 2.24) is 0 Å². The molecule has 6 nitrogen and oxygen atoms in total. The molecule has 0 aromatic heterocycles. The Labute approximate surface area is 301 Å². The molecule has 2 aromatic rings. The molecule has 0 aliphatic carbocycles. The van der Waals surface area contributed by atoms with Crippen molar-refractivity contribution in [2.24, 2.45) is 10.8 Å². The van der Waals surface area contributed by atoms with Crippen molar-refractivity contribution in [3.63, 3.8) is 0 Å². The van der Waals surface area contributed by atoms with Crippen LogP contribution >= 0.6 is 0 Å². The molecule has 0 fully saturated rings. The van der Waals surface area contributed by atoms with Gasteiger partial charge in [0.15, 0.2) is 0 Å². The number of aliphatic hydroxyl groups is 2. The SMILES string of the molecule is CCCCCC/C(=C\c1ccccc1)C(O)C(C)(C)C(=O)[O-].CCCCCC/C(=C\c1ccccc1)C(O)C(C)(C)C(=O)[O-].[Ca+2]. The molecule has 2 unspecified atom stereocenters. The third kappa shape index (κ3) is 15.5. The van der Waals surface area contributed by atoms with Crippen molar-refractivity contribution in [2.45, 2.75) is 118 Å². The van der Waals surface area contributed by atoms with Crippen molar-refractivity contribution in [1.29, 1.82) is 0 Å². The maximum absolute atomic E-state index is 11.3. The minimum absolute atomic E-state index is 0. The van der Waals surface area contributed by atoms with E-state index in [9.17, 15) is 30.0 Å². The normalized spacial score (nSPS) is 13.6. The van der Waals surface area contributed by atoms with Crippen LogP contribution in [0, 0.1) is 10.8 Å². The molecule has 0 spiro atoms. The van der Waals surface area contributed by atoms with Crippen LogP contribution in [0.2, 0.25) is 0 Å². The van der Waals surface area contributed by atoms with Crippen LogP contribution in [0.1, 0.15) is 117 Å². The molecular weight excluding hydrogens is 592 g/mol. The van der Waals surface area contributed by atoms with Crippen LogP contribution in [0.4, 0.5) is 0 Å². The first-order chi connectivity index (χ1) is 20.8. The van der Waals surface area contributed by atoms with Gasteiger partial charge in [-0.05, 0) is 48.0 Å². The summed E-state index contributed by atoms with van der Waals surface area (Å²) in [6.45, 7) is 10.3. The fraction of sp³-hybridized carbons (Fsp3) is 0.526. The molecule has 0 aliphatic rings. The molecule has 2 aromatic carbocycles. The smallest absolute Gasteiger partial charge is 0.549 e. The zero-order valence-electron chi connectivity index (χ0n) is 28.4. The van der Waals surface area contributed by atoms with Gasteiger partial charge < -0.3 is 30.0 Å². The van der Waals surface area contributed by atoms with Crippen LogP contribution < -0.4 is 10.2 Å². The van der Waals surface area contributed by atoms with Crippen LogP contribution in [0.5, 0.6) is 0 Å². The molecule has 0 radical (unpaired) electrons. The number of unbranched alkanes of at least 4 members (excludes halogenated alkanes) is 6. The summed E-state index contributed by atoms with van der Waals surface area (Å²) in [4.78, 5) is 22.6. The third-order valence-corrected chi connectivity index (χ3v) is 8.06. The summed E-state index contributed by atoms with van der Waals surface area (Å²) in [5.41, 5.74) is 0.867. The van der Waals surface area contributed by atoms with Gasteiger partial charge in [0, 0.05) is 22.8 Å². The molecule has 244 valence electrons. The van der Waals surface area contributed by atoms with Crippen molar-refractivity contribution in [3.05, 3.63) is 82.9 Å². The summed E-state index contributed by atoms with van der Waals surface area (Å²) >= 11 is 0.